The first-order chi connectivity index (χ1) is 16.8. The lowest BCUT2D eigenvalue weighted by Crippen LogP contribution is -2.31. The van der Waals surface area contributed by atoms with Crippen LogP contribution in [0.5, 0.6) is 0 Å². The number of anilines is 2. The van der Waals surface area contributed by atoms with Crippen LogP contribution < -0.4 is 21.5 Å². The average Bonchev–Trinajstić information content (AvgIpc) is 3.49. The number of H-pyrrole nitrogens is 2. The van der Waals surface area contributed by atoms with Crippen molar-refractivity contribution in [3.63, 3.8) is 0 Å². The van der Waals surface area contributed by atoms with Gasteiger partial charge in [0, 0.05) is 47.8 Å². The number of nitrogens with one attached hydrogen (secondary N) is 3. The molecule has 184 valence electrons. The van der Waals surface area contributed by atoms with Crippen LogP contribution in [0.1, 0.15) is 19.8 Å². The minimum Gasteiger partial charge on any atom is -0.382 e. The highest BCUT2D eigenvalue weighted by molar-refractivity contribution is 6.31. The number of benzene rings is 2. The van der Waals surface area contributed by atoms with Crippen molar-refractivity contribution in [2.24, 2.45) is 5.73 Å². The molecular formula is C26H32ClN7O. The fraction of sp³-hybridized carbons (Fsp3) is 0.385. The van der Waals surface area contributed by atoms with Crippen molar-refractivity contribution < 1.29 is 0 Å². The van der Waals surface area contributed by atoms with Crippen molar-refractivity contribution in [1.82, 2.24) is 19.9 Å². The molecule has 8 nitrogen and oxygen atoms in total. The van der Waals surface area contributed by atoms with E-state index >= 15 is 0 Å². The smallest absolute Gasteiger partial charge is 0.261 e. The van der Waals surface area contributed by atoms with Crippen molar-refractivity contribution in [1.29, 1.82) is 0 Å². The standard InChI is InChI=1S/C26H32ClN7O/c1-4-16(28)13-29-24-19-11-15(27)5-7-20(19)32-26(35)23(24)25-30-21-8-6-17(12-22(21)31-25)34-10-9-18(14-34)33(2)3/h5-8,11-12,16,18H,4,9-10,13-14,28H2,1-3H3,(H,30,31)(H2,29,32,35)/t16-,18-/m1/s1. The number of nitrogens with two attached hydrogens (primary N) is 1. The van der Waals surface area contributed by atoms with Crippen molar-refractivity contribution in [3.05, 3.63) is 51.8 Å². The summed E-state index contributed by atoms with van der Waals surface area (Å²) in [5.74, 6) is 0.514. The SMILES string of the molecule is CC[C@@H](N)CNc1c(-c2nc3ccc(N4CC[C@@H](N(C)C)C4)cc3[nH]2)c(=O)[nH]c2ccc(Cl)cc12. The monoisotopic (exact) mass is 493 g/mol. The summed E-state index contributed by atoms with van der Waals surface area (Å²) in [4.78, 5) is 29.1. The molecule has 1 saturated heterocycles. The Morgan fingerprint density at radius 2 is 2.06 bits per heavy atom. The number of halogens is 1. The van der Waals surface area contributed by atoms with Gasteiger partial charge in [0.1, 0.15) is 11.4 Å². The van der Waals surface area contributed by atoms with Gasteiger partial charge in [-0.2, -0.15) is 0 Å². The third-order valence-electron chi connectivity index (χ3n) is 7.00. The third kappa shape index (κ3) is 4.61. The number of aromatic amines is 2. The number of nitrogens with zero attached hydrogens (tertiary/aromatic N) is 3. The lowest BCUT2D eigenvalue weighted by molar-refractivity contribution is 0.315. The zero-order valence-corrected chi connectivity index (χ0v) is 21.1. The quantitative estimate of drug-likeness (QED) is 0.310. The molecule has 1 aliphatic heterocycles. The summed E-state index contributed by atoms with van der Waals surface area (Å²) in [5.41, 5.74) is 10.7. The number of aromatic nitrogens is 3. The zero-order valence-electron chi connectivity index (χ0n) is 20.4. The molecule has 35 heavy (non-hydrogen) atoms. The zero-order chi connectivity index (χ0) is 24.7. The van der Waals surface area contributed by atoms with Gasteiger partial charge < -0.3 is 30.8 Å². The summed E-state index contributed by atoms with van der Waals surface area (Å²) in [6, 6.07) is 12.2. The molecule has 5 N–H and O–H groups in total. The Morgan fingerprint density at radius 1 is 1.23 bits per heavy atom. The molecule has 9 heteroatoms. The van der Waals surface area contributed by atoms with E-state index in [0.717, 1.165) is 48.0 Å². The lowest BCUT2D eigenvalue weighted by atomic mass is 10.1. The van der Waals surface area contributed by atoms with Gasteiger partial charge in [0.05, 0.1) is 22.2 Å². The van der Waals surface area contributed by atoms with Crippen molar-refractivity contribution in [2.45, 2.75) is 31.8 Å². The fourth-order valence-electron chi connectivity index (χ4n) is 4.76. The predicted octanol–water partition coefficient (Wildman–Crippen LogP) is 4.01. The first-order valence-electron chi connectivity index (χ1n) is 12.1. The Bertz CT molecular complexity index is 1430. The maximum absolute atomic E-state index is 13.3. The highest BCUT2D eigenvalue weighted by Crippen LogP contribution is 2.33. The van der Waals surface area contributed by atoms with Gasteiger partial charge >= 0.3 is 0 Å². The normalized spacial score (nSPS) is 17.1. The van der Waals surface area contributed by atoms with Crippen LogP contribution in [0.15, 0.2) is 41.2 Å². The van der Waals surface area contributed by atoms with Crippen LogP contribution in [0.3, 0.4) is 0 Å². The van der Waals surface area contributed by atoms with Crippen molar-refractivity contribution >= 4 is 44.9 Å². The maximum atomic E-state index is 13.3. The molecule has 2 aromatic carbocycles. The number of hydrogen-bond acceptors (Lipinski definition) is 6. The van der Waals surface area contributed by atoms with Gasteiger partial charge in [0.15, 0.2) is 0 Å². The van der Waals surface area contributed by atoms with Gasteiger partial charge in [-0.1, -0.05) is 18.5 Å². The molecule has 2 atom stereocenters. The molecule has 0 aliphatic carbocycles. The topological polar surface area (TPSA) is 106 Å². The second-order valence-corrected chi connectivity index (χ2v) is 10.0. The van der Waals surface area contributed by atoms with Gasteiger partial charge in [-0.15, -0.1) is 0 Å². The van der Waals surface area contributed by atoms with Crippen LogP contribution in [0, 0.1) is 0 Å². The highest BCUT2D eigenvalue weighted by Gasteiger charge is 2.25. The van der Waals surface area contributed by atoms with E-state index in [1.54, 1.807) is 6.07 Å². The molecule has 3 heterocycles. The predicted molar refractivity (Wildman–Crippen MR) is 146 cm³/mol. The Labute approximate surface area is 209 Å². The van der Waals surface area contributed by atoms with E-state index in [9.17, 15) is 4.79 Å². The van der Waals surface area contributed by atoms with E-state index in [0.29, 0.717) is 40.2 Å². The molecule has 1 fully saturated rings. The van der Waals surface area contributed by atoms with Gasteiger partial charge in [0.25, 0.3) is 5.56 Å². The minimum atomic E-state index is -0.222. The number of rotatable bonds is 7. The van der Waals surface area contributed by atoms with Crippen molar-refractivity contribution in [3.8, 4) is 11.4 Å². The second-order valence-electron chi connectivity index (χ2n) is 9.58. The van der Waals surface area contributed by atoms with Crippen LogP contribution in [-0.4, -0.2) is 65.7 Å². The van der Waals surface area contributed by atoms with Gasteiger partial charge in [0.2, 0.25) is 0 Å². The van der Waals surface area contributed by atoms with E-state index < -0.39 is 0 Å². The summed E-state index contributed by atoms with van der Waals surface area (Å²) in [5, 5.41) is 4.83. The number of pyridine rings is 1. The molecule has 0 unspecified atom stereocenters. The van der Waals surface area contributed by atoms with E-state index in [2.05, 4.69) is 51.3 Å². The Kier molecular flexibility index (Phi) is 6.44. The summed E-state index contributed by atoms with van der Waals surface area (Å²) < 4.78 is 0. The molecule has 0 radical (unpaired) electrons. The fourth-order valence-corrected chi connectivity index (χ4v) is 4.94. The molecule has 0 saturated carbocycles. The van der Waals surface area contributed by atoms with E-state index in [1.807, 2.05) is 25.1 Å². The number of hydrogen-bond donors (Lipinski definition) is 4. The first kappa shape index (κ1) is 23.7. The molecular weight excluding hydrogens is 462 g/mol. The Hall–Kier alpha value is -3.07. The minimum absolute atomic E-state index is 0.0407. The largest absolute Gasteiger partial charge is 0.382 e. The molecule has 1 aliphatic rings. The molecule has 2 aromatic heterocycles. The molecule has 0 spiro atoms. The van der Waals surface area contributed by atoms with Crippen LogP contribution >= 0.6 is 11.6 Å². The van der Waals surface area contributed by atoms with E-state index in [1.165, 1.54) is 0 Å². The average molecular weight is 494 g/mol. The Balaban J connectivity index is 1.58. The summed E-state index contributed by atoms with van der Waals surface area (Å²) in [6.45, 7) is 4.58. The first-order valence-corrected chi connectivity index (χ1v) is 12.5. The summed E-state index contributed by atoms with van der Waals surface area (Å²) in [7, 11) is 4.26. The summed E-state index contributed by atoms with van der Waals surface area (Å²) >= 11 is 6.32. The molecule has 5 rings (SSSR count). The lowest BCUT2D eigenvalue weighted by Gasteiger charge is -2.21. The highest BCUT2D eigenvalue weighted by atomic mass is 35.5. The third-order valence-corrected chi connectivity index (χ3v) is 7.24. The molecule has 4 aromatic rings. The Morgan fingerprint density at radius 3 is 2.80 bits per heavy atom. The van der Waals surface area contributed by atoms with Crippen molar-refractivity contribution in [2.75, 3.05) is 43.9 Å². The van der Waals surface area contributed by atoms with Crippen LogP contribution in [0.4, 0.5) is 11.4 Å². The number of imidazole rings is 1. The van der Waals surface area contributed by atoms with E-state index in [4.69, 9.17) is 22.3 Å². The second kappa shape index (κ2) is 9.53. The number of fused-ring (bicyclic) bond motifs is 2. The van der Waals surface area contributed by atoms with Crippen LogP contribution in [0.25, 0.3) is 33.3 Å². The van der Waals surface area contributed by atoms with Gasteiger partial charge in [-0.3, -0.25) is 4.79 Å². The van der Waals surface area contributed by atoms with E-state index in [-0.39, 0.29) is 11.6 Å². The number of likely N-dealkylation sites (N-methyl/N-ethyl adjacent to an activating group) is 1. The van der Waals surface area contributed by atoms with Crippen LogP contribution in [0.2, 0.25) is 5.02 Å². The van der Waals surface area contributed by atoms with Gasteiger partial charge in [-0.05, 0) is 63.3 Å². The van der Waals surface area contributed by atoms with Crippen LogP contribution in [-0.2, 0) is 0 Å². The summed E-state index contributed by atoms with van der Waals surface area (Å²) in [6.07, 6.45) is 1.96. The van der Waals surface area contributed by atoms with Gasteiger partial charge in [-0.25, -0.2) is 4.98 Å². The maximum Gasteiger partial charge on any atom is 0.261 e. The molecule has 0 bridgehead atoms. The molecule has 0 amide bonds.